The molecule has 0 heterocycles. The van der Waals surface area contributed by atoms with E-state index in [2.05, 4.69) is 77.7 Å². The average Bonchev–Trinajstić information content (AvgIpc) is 2.75. The summed E-state index contributed by atoms with van der Waals surface area (Å²) >= 11 is 0. The Morgan fingerprint density at radius 3 is 1.89 bits per heavy atom. The van der Waals surface area contributed by atoms with Crippen LogP contribution < -0.4 is 0 Å². The van der Waals surface area contributed by atoms with Crippen LogP contribution in [-0.2, 0) is 30.7 Å². The number of nitrogens with zero attached hydrogens (tertiary/aromatic N) is 1. The maximum Gasteiger partial charge on any atom is 0.137 e. The molecule has 0 aliphatic heterocycles. The highest BCUT2D eigenvalue weighted by Gasteiger charge is 2.30. The van der Waals surface area contributed by atoms with Gasteiger partial charge < -0.3 is 4.79 Å². The fourth-order valence-corrected chi connectivity index (χ4v) is 4.42. The highest BCUT2D eigenvalue weighted by molar-refractivity contribution is 5.59. The van der Waals surface area contributed by atoms with Crippen molar-refractivity contribution < 1.29 is 4.79 Å². The molecule has 3 aromatic carbocycles. The van der Waals surface area contributed by atoms with Crippen LogP contribution in [0.3, 0.4) is 0 Å². The Hall–Kier alpha value is -2.71. The van der Waals surface area contributed by atoms with Gasteiger partial charge in [0.2, 0.25) is 0 Å². The summed E-state index contributed by atoms with van der Waals surface area (Å²) in [6.45, 7) is 1.58. The van der Waals surface area contributed by atoms with Crippen molar-refractivity contribution in [2.24, 2.45) is 5.92 Å². The van der Waals surface area contributed by atoms with E-state index in [-0.39, 0.29) is 6.04 Å². The summed E-state index contributed by atoms with van der Waals surface area (Å²) in [5.74, 6) is 0.361. The van der Waals surface area contributed by atoms with Gasteiger partial charge in [-0.1, -0.05) is 84.9 Å². The Morgan fingerprint density at radius 1 is 0.786 bits per heavy atom. The third-order valence-corrected chi connectivity index (χ3v) is 5.89. The number of carbonyl (C=O) groups is 1. The normalized spacial score (nSPS) is 17.1. The lowest BCUT2D eigenvalue weighted by Crippen LogP contribution is -2.43. The summed E-state index contributed by atoms with van der Waals surface area (Å²) in [6, 6.07) is 29.6. The second kappa shape index (κ2) is 8.99. The SMILES string of the molecule is O=CC(C1CCc2ccccc2C1)N(Cc1ccccc1)Cc1ccccc1. The molecule has 0 bridgehead atoms. The van der Waals surface area contributed by atoms with Gasteiger partial charge in [0.15, 0.2) is 0 Å². The summed E-state index contributed by atoms with van der Waals surface area (Å²) in [5, 5.41) is 0. The molecule has 2 nitrogen and oxygen atoms in total. The Bertz CT molecular complexity index is 849. The molecule has 0 spiro atoms. The van der Waals surface area contributed by atoms with E-state index in [0.717, 1.165) is 32.4 Å². The highest BCUT2D eigenvalue weighted by atomic mass is 16.1. The van der Waals surface area contributed by atoms with Crippen LogP contribution in [0.25, 0.3) is 0 Å². The Labute approximate surface area is 167 Å². The molecule has 28 heavy (non-hydrogen) atoms. The van der Waals surface area contributed by atoms with Crippen molar-refractivity contribution >= 4 is 6.29 Å². The molecule has 2 atom stereocenters. The first-order valence-electron chi connectivity index (χ1n) is 10.2. The zero-order chi connectivity index (χ0) is 19.2. The van der Waals surface area contributed by atoms with Gasteiger partial charge in [-0.25, -0.2) is 0 Å². The van der Waals surface area contributed by atoms with Crippen LogP contribution in [0.1, 0.15) is 28.7 Å². The Kier molecular flexibility index (Phi) is 5.98. The average molecular weight is 370 g/mol. The van der Waals surface area contributed by atoms with Crippen molar-refractivity contribution in [1.29, 1.82) is 0 Å². The maximum absolute atomic E-state index is 12.3. The minimum absolute atomic E-state index is 0.0752. The summed E-state index contributed by atoms with van der Waals surface area (Å²) in [6.07, 6.45) is 4.31. The largest absolute Gasteiger partial charge is 0.302 e. The standard InChI is InChI=1S/C26H27NO/c28-20-26(25-16-15-23-13-7-8-14-24(23)17-25)27(18-21-9-3-1-4-10-21)19-22-11-5-2-6-12-22/h1-14,20,25-26H,15-19H2. The molecule has 0 saturated carbocycles. The number of rotatable bonds is 7. The molecule has 2 unspecified atom stereocenters. The number of carbonyl (C=O) groups excluding carboxylic acids is 1. The molecule has 0 fully saturated rings. The van der Waals surface area contributed by atoms with Crippen LogP contribution in [0.2, 0.25) is 0 Å². The molecule has 142 valence electrons. The Morgan fingerprint density at radius 2 is 1.32 bits per heavy atom. The molecule has 2 heteroatoms. The van der Waals surface area contributed by atoms with E-state index in [9.17, 15) is 4.79 Å². The monoisotopic (exact) mass is 369 g/mol. The van der Waals surface area contributed by atoms with Gasteiger partial charge in [-0.15, -0.1) is 0 Å². The lowest BCUT2D eigenvalue weighted by Gasteiger charge is -2.36. The molecular formula is C26H27NO. The maximum atomic E-state index is 12.3. The predicted octanol–water partition coefficient (Wildman–Crippen LogP) is 5.06. The van der Waals surface area contributed by atoms with Gasteiger partial charge in [-0.05, 0) is 47.4 Å². The van der Waals surface area contributed by atoms with Crippen molar-refractivity contribution in [2.45, 2.75) is 38.4 Å². The van der Waals surface area contributed by atoms with Crippen molar-refractivity contribution in [2.75, 3.05) is 0 Å². The number of aryl methyl sites for hydroxylation is 1. The molecule has 1 aliphatic rings. The van der Waals surface area contributed by atoms with Crippen LogP contribution in [0.15, 0.2) is 84.9 Å². The first kappa shape index (κ1) is 18.6. The van der Waals surface area contributed by atoms with E-state index in [4.69, 9.17) is 0 Å². The van der Waals surface area contributed by atoms with E-state index in [0.29, 0.717) is 5.92 Å². The second-order valence-electron chi connectivity index (χ2n) is 7.77. The fourth-order valence-electron chi connectivity index (χ4n) is 4.42. The van der Waals surface area contributed by atoms with Gasteiger partial charge in [0.1, 0.15) is 6.29 Å². The predicted molar refractivity (Wildman–Crippen MR) is 114 cm³/mol. The molecule has 0 amide bonds. The van der Waals surface area contributed by atoms with Gasteiger partial charge in [-0.3, -0.25) is 4.90 Å². The molecule has 3 aromatic rings. The first-order chi connectivity index (χ1) is 13.8. The molecule has 0 aromatic heterocycles. The number of fused-ring (bicyclic) bond motifs is 1. The lowest BCUT2D eigenvalue weighted by molar-refractivity contribution is -0.115. The zero-order valence-corrected chi connectivity index (χ0v) is 16.2. The molecule has 1 aliphatic carbocycles. The lowest BCUT2D eigenvalue weighted by atomic mass is 9.79. The topological polar surface area (TPSA) is 20.3 Å². The third-order valence-electron chi connectivity index (χ3n) is 5.89. The summed E-state index contributed by atoms with van der Waals surface area (Å²) in [5.41, 5.74) is 5.36. The van der Waals surface area contributed by atoms with Gasteiger partial charge in [0.05, 0.1) is 6.04 Å². The van der Waals surface area contributed by atoms with Gasteiger partial charge in [-0.2, -0.15) is 0 Å². The van der Waals surface area contributed by atoms with Crippen molar-refractivity contribution in [3.63, 3.8) is 0 Å². The van der Waals surface area contributed by atoms with Gasteiger partial charge >= 0.3 is 0 Å². The minimum Gasteiger partial charge on any atom is -0.302 e. The molecule has 0 N–H and O–H groups in total. The number of aldehydes is 1. The van der Waals surface area contributed by atoms with Crippen LogP contribution in [0.5, 0.6) is 0 Å². The van der Waals surface area contributed by atoms with Crippen molar-refractivity contribution in [3.8, 4) is 0 Å². The van der Waals surface area contributed by atoms with Crippen LogP contribution in [0, 0.1) is 5.92 Å². The summed E-state index contributed by atoms with van der Waals surface area (Å²) in [4.78, 5) is 14.7. The van der Waals surface area contributed by atoms with Gasteiger partial charge in [0, 0.05) is 13.1 Å². The summed E-state index contributed by atoms with van der Waals surface area (Å²) in [7, 11) is 0. The number of benzene rings is 3. The second-order valence-corrected chi connectivity index (χ2v) is 7.77. The van der Waals surface area contributed by atoms with E-state index >= 15 is 0 Å². The molecular weight excluding hydrogens is 342 g/mol. The quantitative estimate of drug-likeness (QED) is 0.543. The Balaban J connectivity index is 1.59. The van der Waals surface area contributed by atoms with Crippen LogP contribution in [0.4, 0.5) is 0 Å². The zero-order valence-electron chi connectivity index (χ0n) is 16.2. The molecule has 4 rings (SSSR count). The van der Waals surface area contributed by atoms with E-state index in [1.165, 1.54) is 28.5 Å². The smallest absolute Gasteiger partial charge is 0.137 e. The number of hydrogen-bond donors (Lipinski definition) is 0. The van der Waals surface area contributed by atoms with Crippen molar-refractivity contribution in [1.82, 2.24) is 4.90 Å². The highest BCUT2D eigenvalue weighted by Crippen LogP contribution is 2.30. The van der Waals surface area contributed by atoms with Gasteiger partial charge in [0.25, 0.3) is 0 Å². The minimum atomic E-state index is -0.0752. The van der Waals surface area contributed by atoms with E-state index in [1.54, 1.807) is 0 Å². The van der Waals surface area contributed by atoms with E-state index in [1.807, 2.05) is 12.1 Å². The molecule has 0 radical (unpaired) electrons. The fraction of sp³-hybridized carbons (Fsp3) is 0.269. The molecule has 0 saturated heterocycles. The van der Waals surface area contributed by atoms with Crippen molar-refractivity contribution in [3.05, 3.63) is 107 Å². The van der Waals surface area contributed by atoms with E-state index < -0.39 is 0 Å². The summed E-state index contributed by atoms with van der Waals surface area (Å²) < 4.78 is 0. The third kappa shape index (κ3) is 4.40. The van der Waals surface area contributed by atoms with Crippen LogP contribution >= 0.6 is 0 Å². The van der Waals surface area contributed by atoms with Crippen LogP contribution in [-0.4, -0.2) is 17.2 Å². The first-order valence-corrected chi connectivity index (χ1v) is 10.2. The number of hydrogen-bond acceptors (Lipinski definition) is 2.